The monoisotopic (exact) mass is 492 g/mol. The van der Waals surface area contributed by atoms with E-state index in [0.29, 0.717) is 41.6 Å². The summed E-state index contributed by atoms with van der Waals surface area (Å²) < 4.78 is 14.0. The Morgan fingerprint density at radius 3 is 2.69 bits per heavy atom. The highest BCUT2D eigenvalue weighted by atomic mass is 16.5. The molecule has 5 rings (SSSR count). The van der Waals surface area contributed by atoms with Gasteiger partial charge in [0.25, 0.3) is 5.91 Å². The Kier molecular flexibility index (Phi) is 6.77. The lowest BCUT2D eigenvalue weighted by molar-refractivity contribution is -0.119. The second kappa shape index (κ2) is 10.1. The molecule has 0 radical (unpaired) electrons. The number of amides is 2. The number of carbonyl (C=O) groups excluding carboxylic acids is 2. The maximum absolute atomic E-state index is 12.4. The second-order valence-corrected chi connectivity index (χ2v) is 9.71. The van der Waals surface area contributed by atoms with E-state index in [1.165, 1.54) is 0 Å². The molecular formula is C26H32N6O4. The summed E-state index contributed by atoms with van der Waals surface area (Å²) in [6, 6.07) is 3.80. The Balaban J connectivity index is 1.57. The number of aromatic nitrogens is 3. The second-order valence-electron chi connectivity index (χ2n) is 9.71. The number of nitrogens with one attached hydrogen (secondary N) is 2. The predicted octanol–water partition coefficient (Wildman–Crippen LogP) is 2.57. The quantitative estimate of drug-likeness (QED) is 0.440. The number of hydrogen-bond donors (Lipinski definition) is 3. The fraction of sp³-hybridized carbons (Fsp3) is 0.462. The number of fused-ring (bicyclic) bond motifs is 1. The number of ether oxygens (including phenoxy) is 2. The van der Waals surface area contributed by atoms with Gasteiger partial charge in [0.15, 0.2) is 0 Å². The number of benzene rings is 1. The van der Waals surface area contributed by atoms with Crippen molar-refractivity contribution in [2.75, 3.05) is 19.7 Å². The third kappa shape index (κ3) is 4.99. The molecule has 2 saturated heterocycles. The van der Waals surface area contributed by atoms with Gasteiger partial charge >= 0.3 is 0 Å². The van der Waals surface area contributed by atoms with Crippen LogP contribution in [0.5, 0.6) is 11.6 Å². The molecule has 4 heterocycles. The molecule has 4 N–H and O–H groups in total. The van der Waals surface area contributed by atoms with E-state index < -0.39 is 5.91 Å². The average Bonchev–Trinajstić information content (AvgIpc) is 3.51. The van der Waals surface area contributed by atoms with Crippen LogP contribution in [0.4, 0.5) is 0 Å². The third-order valence-electron chi connectivity index (χ3n) is 6.68. The minimum Gasteiger partial charge on any atom is -0.490 e. The molecule has 0 unspecified atom stereocenters. The Bertz CT molecular complexity index is 1280. The first kappa shape index (κ1) is 24.1. The van der Waals surface area contributed by atoms with Gasteiger partial charge in [-0.2, -0.15) is 5.10 Å². The highest BCUT2D eigenvalue weighted by Gasteiger charge is 2.24. The largest absolute Gasteiger partial charge is 0.490 e. The van der Waals surface area contributed by atoms with Gasteiger partial charge in [0.1, 0.15) is 12.4 Å². The lowest BCUT2D eigenvalue weighted by atomic mass is 9.99. The minimum absolute atomic E-state index is 0.0289. The first-order chi connectivity index (χ1) is 17.4. The summed E-state index contributed by atoms with van der Waals surface area (Å²) in [5.41, 5.74) is 7.75. The topological polar surface area (TPSA) is 133 Å². The van der Waals surface area contributed by atoms with Crippen LogP contribution >= 0.6 is 0 Å². The number of nitrogens with zero attached hydrogens (tertiary/aromatic N) is 3. The minimum atomic E-state index is -0.572. The van der Waals surface area contributed by atoms with E-state index in [2.05, 4.69) is 20.7 Å². The lowest BCUT2D eigenvalue weighted by Gasteiger charge is -2.22. The van der Waals surface area contributed by atoms with Gasteiger partial charge in [0.05, 0.1) is 29.9 Å². The average molecular weight is 493 g/mol. The zero-order valence-corrected chi connectivity index (χ0v) is 20.6. The molecule has 2 aliphatic rings. The van der Waals surface area contributed by atoms with Crippen molar-refractivity contribution in [3.63, 3.8) is 0 Å². The molecule has 2 fully saturated rings. The molecule has 0 spiro atoms. The highest BCUT2D eigenvalue weighted by molar-refractivity contribution is 6.06. The molecule has 1 atom stereocenters. The van der Waals surface area contributed by atoms with Crippen LogP contribution in [0.1, 0.15) is 55.9 Å². The predicted molar refractivity (Wildman–Crippen MR) is 135 cm³/mol. The van der Waals surface area contributed by atoms with Crippen molar-refractivity contribution < 1.29 is 19.1 Å². The molecule has 0 aliphatic carbocycles. The van der Waals surface area contributed by atoms with Crippen LogP contribution < -0.4 is 25.8 Å². The van der Waals surface area contributed by atoms with Gasteiger partial charge in [-0.25, -0.2) is 4.98 Å². The van der Waals surface area contributed by atoms with Gasteiger partial charge in [0, 0.05) is 35.3 Å². The maximum Gasteiger partial charge on any atom is 0.252 e. The first-order valence-corrected chi connectivity index (χ1v) is 12.5. The van der Waals surface area contributed by atoms with E-state index in [0.717, 1.165) is 48.9 Å². The molecule has 10 nitrogen and oxygen atoms in total. The van der Waals surface area contributed by atoms with Crippen LogP contribution in [0.25, 0.3) is 21.9 Å². The molecule has 3 aromatic rings. The summed E-state index contributed by atoms with van der Waals surface area (Å²) in [6.07, 6.45) is 8.70. The van der Waals surface area contributed by atoms with Crippen molar-refractivity contribution in [2.45, 2.75) is 57.7 Å². The SMILES string of the molecule is CC(C)Oc1cc2c(OC[C@@H]3CCC(=O)N3)ncc(-c3cnn(C4CCNCC4)c3)c2cc1C(N)=O. The van der Waals surface area contributed by atoms with Gasteiger partial charge in [-0.3, -0.25) is 14.3 Å². The Hall–Kier alpha value is -3.66. The van der Waals surface area contributed by atoms with Gasteiger partial charge in [-0.05, 0) is 63.7 Å². The number of pyridine rings is 1. The zero-order chi connectivity index (χ0) is 25.2. The smallest absolute Gasteiger partial charge is 0.252 e. The van der Waals surface area contributed by atoms with Crippen molar-refractivity contribution in [3.8, 4) is 22.8 Å². The van der Waals surface area contributed by atoms with E-state index >= 15 is 0 Å². The zero-order valence-electron chi connectivity index (χ0n) is 20.6. The summed E-state index contributed by atoms with van der Waals surface area (Å²) in [5, 5.41) is 12.4. The number of primary amides is 1. The van der Waals surface area contributed by atoms with Crippen molar-refractivity contribution in [1.82, 2.24) is 25.4 Å². The summed E-state index contributed by atoms with van der Waals surface area (Å²) in [6.45, 7) is 6.02. The molecular weight excluding hydrogens is 460 g/mol. The molecule has 1 aromatic carbocycles. The van der Waals surface area contributed by atoms with E-state index in [1.807, 2.05) is 30.9 Å². The van der Waals surface area contributed by atoms with Crippen LogP contribution in [-0.2, 0) is 4.79 Å². The highest BCUT2D eigenvalue weighted by Crippen LogP contribution is 2.38. The van der Waals surface area contributed by atoms with Crippen molar-refractivity contribution in [3.05, 3.63) is 36.3 Å². The Morgan fingerprint density at radius 1 is 1.19 bits per heavy atom. The molecule has 2 amide bonds. The van der Waals surface area contributed by atoms with Crippen LogP contribution in [-0.4, -0.2) is 58.4 Å². The number of carbonyl (C=O) groups is 2. The van der Waals surface area contributed by atoms with Crippen molar-refractivity contribution in [1.29, 1.82) is 0 Å². The lowest BCUT2D eigenvalue weighted by Crippen LogP contribution is -2.31. The summed E-state index contributed by atoms with van der Waals surface area (Å²) in [4.78, 5) is 28.6. The molecule has 2 aliphatic heterocycles. The first-order valence-electron chi connectivity index (χ1n) is 12.5. The maximum atomic E-state index is 12.4. The van der Waals surface area contributed by atoms with Crippen molar-refractivity contribution >= 4 is 22.6 Å². The van der Waals surface area contributed by atoms with E-state index in [9.17, 15) is 9.59 Å². The number of hydrogen-bond acceptors (Lipinski definition) is 7. The van der Waals surface area contributed by atoms with Gasteiger partial charge in [-0.15, -0.1) is 0 Å². The van der Waals surface area contributed by atoms with Gasteiger partial charge < -0.3 is 25.8 Å². The van der Waals surface area contributed by atoms with E-state index in [1.54, 1.807) is 18.3 Å². The molecule has 36 heavy (non-hydrogen) atoms. The molecule has 2 aromatic heterocycles. The van der Waals surface area contributed by atoms with Crippen LogP contribution in [0.3, 0.4) is 0 Å². The third-order valence-corrected chi connectivity index (χ3v) is 6.68. The van der Waals surface area contributed by atoms with E-state index in [4.69, 9.17) is 15.2 Å². The summed E-state index contributed by atoms with van der Waals surface area (Å²) in [7, 11) is 0. The molecule has 0 bridgehead atoms. The van der Waals surface area contributed by atoms with Gasteiger partial charge in [0.2, 0.25) is 11.8 Å². The summed E-state index contributed by atoms with van der Waals surface area (Å²) >= 11 is 0. The normalized spacial score (nSPS) is 18.5. The number of piperidine rings is 1. The van der Waals surface area contributed by atoms with E-state index in [-0.39, 0.29) is 18.1 Å². The number of nitrogens with two attached hydrogens (primary N) is 1. The van der Waals surface area contributed by atoms with Crippen LogP contribution in [0.2, 0.25) is 0 Å². The van der Waals surface area contributed by atoms with Crippen molar-refractivity contribution in [2.24, 2.45) is 5.73 Å². The molecule has 190 valence electrons. The Morgan fingerprint density at radius 2 is 2.00 bits per heavy atom. The summed E-state index contributed by atoms with van der Waals surface area (Å²) in [5.74, 6) is 0.247. The van der Waals surface area contributed by atoms with Crippen LogP contribution in [0.15, 0.2) is 30.7 Å². The fourth-order valence-corrected chi connectivity index (χ4v) is 4.86. The fourth-order valence-electron chi connectivity index (χ4n) is 4.86. The molecule has 10 heteroatoms. The number of rotatable bonds is 8. The van der Waals surface area contributed by atoms with Gasteiger partial charge in [-0.1, -0.05) is 0 Å². The Labute approximate surface area is 209 Å². The standard InChI is InChI=1S/C26H32N6O4/c1-15(2)36-23-10-20-19(9-21(23)25(27)34)22(12-29-26(20)35-14-17-3-4-24(33)31-17)16-11-30-32(13-16)18-5-7-28-8-6-18/h9-13,15,17-18,28H,3-8,14H2,1-2H3,(H2,27,34)(H,31,33)/t17-/m0/s1. The van der Waals surface area contributed by atoms with Crippen LogP contribution in [0, 0.1) is 0 Å². The molecule has 0 saturated carbocycles.